The lowest BCUT2D eigenvalue weighted by atomic mass is 9.71. The molecule has 2 fully saturated rings. The van der Waals surface area contributed by atoms with E-state index in [-0.39, 0.29) is 36.3 Å². The second kappa shape index (κ2) is 6.43. The van der Waals surface area contributed by atoms with Crippen molar-refractivity contribution < 1.29 is 8.78 Å². The van der Waals surface area contributed by atoms with E-state index in [4.69, 9.17) is 4.98 Å². The third-order valence-corrected chi connectivity index (χ3v) is 6.95. The maximum Gasteiger partial charge on any atom is 0.262 e. The van der Waals surface area contributed by atoms with E-state index in [0.29, 0.717) is 29.7 Å². The molecule has 0 aromatic carbocycles. The molecule has 148 valence electrons. The Bertz CT molecular complexity index is 1080. The zero-order valence-electron chi connectivity index (χ0n) is 15.5. The maximum absolute atomic E-state index is 13.5. The molecule has 1 N–H and O–H groups in total. The Morgan fingerprint density at radius 2 is 1.93 bits per heavy atom. The molecule has 0 bridgehead atoms. The number of nitrogens with zero attached hydrogens (tertiary/aromatic N) is 4. The zero-order chi connectivity index (χ0) is 19.5. The first kappa shape index (κ1) is 17.9. The Balaban J connectivity index is 1.49. The highest BCUT2D eigenvalue weighted by Gasteiger charge is 2.38. The summed E-state index contributed by atoms with van der Waals surface area (Å²) in [5.41, 5.74) is 1.35. The van der Waals surface area contributed by atoms with Crippen LogP contribution in [0.5, 0.6) is 0 Å². The third kappa shape index (κ3) is 2.96. The lowest BCUT2D eigenvalue weighted by Crippen LogP contribution is -2.28. The molecule has 2 atom stereocenters. The molecule has 2 aliphatic rings. The zero-order valence-corrected chi connectivity index (χ0v) is 16.3. The predicted molar refractivity (Wildman–Crippen MR) is 102 cm³/mol. The number of thiazole rings is 1. The van der Waals surface area contributed by atoms with Crippen LogP contribution in [0.3, 0.4) is 0 Å². The van der Waals surface area contributed by atoms with Crippen LogP contribution in [0.15, 0.2) is 16.4 Å². The summed E-state index contributed by atoms with van der Waals surface area (Å²) < 4.78 is 28.7. The second-order valence-electron chi connectivity index (χ2n) is 7.95. The number of hydrogen-bond donors (Lipinski definition) is 1. The molecular formula is C19H21F2N5OS. The molecule has 0 saturated heterocycles. The first-order valence-electron chi connectivity index (χ1n) is 9.68. The smallest absolute Gasteiger partial charge is 0.262 e. The fourth-order valence-corrected chi connectivity index (χ4v) is 5.07. The molecule has 5 rings (SSSR count). The number of halogens is 2. The third-order valence-electron chi connectivity index (χ3n) is 6.16. The van der Waals surface area contributed by atoms with Crippen molar-refractivity contribution in [3.8, 4) is 0 Å². The van der Waals surface area contributed by atoms with Gasteiger partial charge in [-0.25, -0.2) is 23.4 Å². The molecule has 3 aromatic heterocycles. The Hall–Kier alpha value is -2.16. The van der Waals surface area contributed by atoms with Gasteiger partial charge in [0.25, 0.3) is 5.56 Å². The SMILES string of the molecule is Cc1nc([C@@H]2CCC2c2nc3c(cnn3C3CCC(F)(F)CC3)c(=O)[nH]2)cs1. The fourth-order valence-electron chi connectivity index (χ4n) is 4.40. The summed E-state index contributed by atoms with van der Waals surface area (Å²) in [5.74, 6) is -1.56. The molecule has 2 saturated carbocycles. The van der Waals surface area contributed by atoms with E-state index >= 15 is 0 Å². The number of aryl methyl sites for hydroxylation is 1. The van der Waals surface area contributed by atoms with Crippen molar-refractivity contribution in [2.45, 2.75) is 69.2 Å². The van der Waals surface area contributed by atoms with Crippen molar-refractivity contribution in [1.29, 1.82) is 0 Å². The molecule has 1 unspecified atom stereocenters. The van der Waals surface area contributed by atoms with Crippen molar-refractivity contribution in [2.75, 3.05) is 0 Å². The number of rotatable bonds is 3. The van der Waals surface area contributed by atoms with Crippen LogP contribution >= 0.6 is 11.3 Å². The van der Waals surface area contributed by atoms with E-state index in [1.54, 1.807) is 16.0 Å². The summed E-state index contributed by atoms with van der Waals surface area (Å²) in [6.07, 6.45) is 3.85. The standard InChI is InChI=1S/C19H21F2N5OS/c1-10-23-15(9-28-10)12-2-3-13(12)16-24-17-14(18(27)25-16)8-22-26(17)11-4-6-19(20,21)7-5-11/h8-9,11-13H,2-7H2,1H3,(H,24,25,27)/t12-,13?/m1/s1. The van der Waals surface area contributed by atoms with E-state index in [2.05, 4.69) is 20.4 Å². The van der Waals surface area contributed by atoms with Gasteiger partial charge in [0, 0.05) is 30.1 Å². The van der Waals surface area contributed by atoms with Crippen LogP contribution in [0.2, 0.25) is 0 Å². The van der Waals surface area contributed by atoms with Crippen molar-refractivity contribution in [3.63, 3.8) is 0 Å². The molecule has 0 amide bonds. The van der Waals surface area contributed by atoms with Crippen LogP contribution < -0.4 is 5.56 Å². The van der Waals surface area contributed by atoms with Crippen LogP contribution in [0, 0.1) is 6.92 Å². The molecule has 2 aliphatic carbocycles. The largest absolute Gasteiger partial charge is 0.310 e. The lowest BCUT2D eigenvalue weighted by Gasteiger charge is -2.34. The fraction of sp³-hybridized carbons (Fsp3) is 0.579. The van der Waals surface area contributed by atoms with Gasteiger partial charge < -0.3 is 4.98 Å². The van der Waals surface area contributed by atoms with Crippen LogP contribution in [-0.4, -0.2) is 30.7 Å². The highest BCUT2D eigenvalue weighted by molar-refractivity contribution is 7.09. The van der Waals surface area contributed by atoms with Crippen LogP contribution in [0.4, 0.5) is 8.78 Å². The Kier molecular flexibility index (Phi) is 4.12. The van der Waals surface area contributed by atoms with Gasteiger partial charge in [-0.05, 0) is 32.6 Å². The van der Waals surface area contributed by atoms with Crippen molar-refractivity contribution in [1.82, 2.24) is 24.7 Å². The number of alkyl halides is 2. The van der Waals surface area contributed by atoms with Gasteiger partial charge in [-0.15, -0.1) is 11.3 Å². The summed E-state index contributed by atoms with van der Waals surface area (Å²) in [6.45, 7) is 1.99. The number of aromatic amines is 1. The molecule has 0 radical (unpaired) electrons. The van der Waals surface area contributed by atoms with Gasteiger partial charge in [-0.3, -0.25) is 4.79 Å². The number of H-pyrrole nitrogens is 1. The molecule has 0 aliphatic heterocycles. The normalized spacial score (nSPS) is 25.1. The topological polar surface area (TPSA) is 76.5 Å². The second-order valence-corrected chi connectivity index (χ2v) is 9.01. The van der Waals surface area contributed by atoms with Crippen LogP contribution in [-0.2, 0) is 0 Å². The molecule has 28 heavy (non-hydrogen) atoms. The Morgan fingerprint density at radius 3 is 2.57 bits per heavy atom. The van der Waals surface area contributed by atoms with E-state index in [1.807, 2.05) is 6.92 Å². The Morgan fingerprint density at radius 1 is 1.18 bits per heavy atom. The summed E-state index contributed by atoms with van der Waals surface area (Å²) in [7, 11) is 0. The maximum atomic E-state index is 13.5. The highest BCUT2D eigenvalue weighted by atomic mass is 32.1. The monoisotopic (exact) mass is 405 g/mol. The van der Waals surface area contributed by atoms with Gasteiger partial charge in [-0.1, -0.05) is 0 Å². The molecular weight excluding hydrogens is 384 g/mol. The first-order valence-corrected chi connectivity index (χ1v) is 10.6. The van der Waals surface area contributed by atoms with Gasteiger partial charge in [0.2, 0.25) is 5.92 Å². The number of fused-ring (bicyclic) bond motifs is 1. The quantitative estimate of drug-likeness (QED) is 0.705. The van der Waals surface area contributed by atoms with Gasteiger partial charge in [-0.2, -0.15) is 5.10 Å². The van der Waals surface area contributed by atoms with E-state index in [9.17, 15) is 13.6 Å². The van der Waals surface area contributed by atoms with Crippen molar-refractivity contribution in [3.05, 3.63) is 38.5 Å². The van der Waals surface area contributed by atoms with E-state index in [1.165, 1.54) is 6.20 Å². The predicted octanol–water partition coefficient (Wildman–Crippen LogP) is 4.30. The van der Waals surface area contributed by atoms with Crippen molar-refractivity contribution in [2.24, 2.45) is 0 Å². The summed E-state index contributed by atoms with van der Waals surface area (Å²) in [5, 5.41) is 7.86. The van der Waals surface area contributed by atoms with Gasteiger partial charge >= 0.3 is 0 Å². The minimum Gasteiger partial charge on any atom is -0.310 e. The molecule has 0 spiro atoms. The van der Waals surface area contributed by atoms with Gasteiger partial charge in [0.1, 0.15) is 11.2 Å². The molecule has 9 heteroatoms. The number of nitrogens with one attached hydrogen (secondary N) is 1. The Labute approximate surface area is 164 Å². The van der Waals surface area contributed by atoms with Gasteiger partial charge in [0.05, 0.1) is 22.9 Å². The highest BCUT2D eigenvalue weighted by Crippen LogP contribution is 2.48. The average molecular weight is 405 g/mol. The van der Waals surface area contributed by atoms with E-state index in [0.717, 1.165) is 23.5 Å². The summed E-state index contributed by atoms with van der Waals surface area (Å²) in [4.78, 5) is 24.9. The summed E-state index contributed by atoms with van der Waals surface area (Å²) >= 11 is 1.63. The summed E-state index contributed by atoms with van der Waals surface area (Å²) in [6, 6.07) is -0.141. The molecule has 3 heterocycles. The molecule has 3 aromatic rings. The number of aromatic nitrogens is 5. The van der Waals surface area contributed by atoms with Crippen molar-refractivity contribution >= 4 is 22.4 Å². The van der Waals surface area contributed by atoms with Crippen LogP contribution in [0.1, 0.15) is 72.9 Å². The first-order chi connectivity index (χ1) is 13.4. The van der Waals surface area contributed by atoms with Crippen LogP contribution in [0.25, 0.3) is 11.0 Å². The minimum absolute atomic E-state index is 0.123. The number of hydrogen-bond acceptors (Lipinski definition) is 5. The molecule has 6 nitrogen and oxygen atoms in total. The van der Waals surface area contributed by atoms with Gasteiger partial charge in [0.15, 0.2) is 5.65 Å². The lowest BCUT2D eigenvalue weighted by molar-refractivity contribution is -0.0446. The van der Waals surface area contributed by atoms with E-state index < -0.39 is 5.92 Å². The minimum atomic E-state index is -2.60. The average Bonchev–Trinajstić information content (AvgIpc) is 3.21.